The van der Waals surface area contributed by atoms with Crippen molar-refractivity contribution >= 4 is 27.0 Å². The van der Waals surface area contributed by atoms with Gasteiger partial charge in [0.2, 0.25) is 0 Å². The Kier molecular flexibility index (Phi) is 4.71. The van der Waals surface area contributed by atoms with Gasteiger partial charge in [0.05, 0.1) is 19.9 Å². The molecule has 1 heterocycles. The van der Waals surface area contributed by atoms with E-state index in [1.54, 1.807) is 23.6 Å². The third kappa shape index (κ3) is 3.29. The van der Waals surface area contributed by atoms with E-state index in [1.165, 1.54) is 31.6 Å². The van der Waals surface area contributed by atoms with Crippen molar-refractivity contribution in [3.63, 3.8) is 0 Å². The topological polar surface area (TPSA) is 90.6 Å². The van der Waals surface area contributed by atoms with Crippen LogP contribution in [-0.4, -0.2) is 22.6 Å². The molecule has 21 heavy (non-hydrogen) atoms. The Bertz CT molecular complexity index is 726. The average Bonchev–Trinajstić information content (AvgIpc) is 2.96. The van der Waals surface area contributed by atoms with Crippen LogP contribution in [0.4, 0.5) is 5.69 Å². The lowest BCUT2D eigenvalue weighted by Gasteiger charge is -2.13. The summed E-state index contributed by atoms with van der Waals surface area (Å²) in [6.07, 6.45) is 0. The van der Waals surface area contributed by atoms with E-state index >= 15 is 0 Å². The number of methoxy groups -OCH3 is 2. The van der Waals surface area contributed by atoms with Crippen LogP contribution in [0.5, 0.6) is 11.5 Å². The van der Waals surface area contributed by atoms with Gasteiger partial charge in [0.1, 0.15) is 16.4 Å². The molecule has 0 aliphatic rings. The molecule has 0 fully saturated rings. The van der Waals surface area contributed by atoms with E-state index in [4.69, 9.17) is 15.2 Å². The number of nitrogens with one attached hydrogen (secondary N) is 1. The number of hydrogen-bond donors (Lipinski definition) is 2. The first kappa shape index (κ1) is 15.6. The predicted octanol–water partition coefficient (Wildman–Crippen LogP) is 2.02. The number of rotatable bonds is 6. The number of nitrogens with two attached hydrogens (primary N) is 1. The molecule has 1 aromatic heterocycles. The highest BCUT2D eigenvalue weighted by molar-refractivity contribution is 7.93. The molecular formula is C13H16N2O4S2. The van der Waals surface area contributed by atoms with E-state index in [0.717, 1.165) is 0 Å². The van der Waals surface area contributed by atoms with E-state index in [9.17, 15) is 8.42 Å². The van der Waals surface area contributed by atoms with E-state index in [2.05, 4.69) is 4.72 Å². The fourth-order valence-electron chi connectivity index (χ4n) is 1.81. The highest BCUT2D eigenvalue weighted by atomic mass is 32.2. The number of benzene rings is 1. The predicted molar refractivity (Wildman–Crippen MR) is 82.6 cm³/mol. The molecule has 6 nitrogen and oxygen atoms in total. The van der Waals surface area contributed by atoms with Gasteiger partial charge in [-0.3, -0.25) is 4.72 Å². The lowest BCUT2D eigenvalue weighted by Crippen LogP contribution is -2.15. The van der Waals surface area contributed by atoms with E-state index in [0.29, 0.717) is 22.1 Å². The minimum atomic E-state index is -3.73. The zero-order valence-electron chi connectivity index (χ0n) is 11.6. The van der Waals surface area contributed by atoms with Crippen molar-refractivity contribution < 1.29 is 17.9 Å². The van der Waals surface area contributed by atoms with Crippen molar-refractivity contribution in [1.82, 2.24) is 0 Å². The summed E-state index contributed by atoms with van der Waals surface area (Å²) >= 11 is 1.30. The van der Waals surface area contributed by atoms with Gasteiger partial charge < -0.3 is 15.2 Å². The lowest BCUT2D eigenvalue weighted by atomic mass is 10.3. The van der Waals surface area contributed by atoms with Gasteiger partial charge in [0.25, 0.3) is 10.0 Å². The van der Waals surface area contributed by atoms with Gasteiger partial charge in [0.15, 0.2) is 0 Å². The largest absolute Gasteiger partial charge is 0.497 e. The second-order valence-electron chi connectivity index (χ2n) is 4.08. The molecule has 2 aromatic rings. The molecule has 0 bridgehead atoms. The first-order chi connectivity index (χ1) is 10.0. The Labute approximate surface area is 127 Å². The number of ether oxygens (including phenoxy) is 2. The summed E-state index contributed by atoms with van der Waals surface area (Å²) in [5, 5.41) is 1.69. The summed E-state index contributed by atoms with van der Waals surface area (Å²) in [5.74, 6) is 0.932. The first-order valence-corrected chi connectivity index (χ1v) is 8.39. The van der Waals surface area contributed by atoms with Crippen molar-refractivity contribution in [2.45, 2.75) is 11.4 Å². The minimum Gasteiger partial charge on any atom is -0.497 e. The molecule has 0 spiro atoms. The standard InChI is InChI=1S/C13H16N2O4S2/c1-18-9-3-4-11(19-2)10(7-9)15-21(16,17)13-5-6-20-12(13)8-14/h3-7,15H,8,14H2,1-2H3. The summed E-state index contributed by atoms with van der Waals surface area (Å²) in [7, 11) is -0.752. The molecule has 0 amide bonds. The van der Waals surface area contributed by atoms with Crippen molar-refractivity contribution in [3.05, 3.63) is 34.5 Å². The number of hydrogen-bond acceptors (Lipinski definition) is 6. The number of thiophene rings is 1. The molecule has 0 aliphatic heterocycles. The molecule has 0 saturated carbocycles. The van der Waals surface area contributed by atoms with E-state index in [1.807, 2.05) is 0 Å². The fourth-order valence-corrected chi connectivity index (χ4v) is 4.21. The maximum atomic E-state index is 12.5. The van der Waals surface area contributed by atoms with Crippen LogP contribution in [0.1, 0.15) is 4.88 Å². The van der Waals surface area contributed by atoms with E-state index < -0.39 is 10.0 Å². The van der Waals surface area contributed by atoms with Gasteiger partial charge in [-0.1, -0.05) is 0 Å². The van der Waals surface area contributed by atoms with Crippen molar-refractivity contribution in [1.29, 1.82) is 0 Å². The van der Waals surface area contributed by atoms with Gasteiger partial charge in [-0.25, -0.2) is 8.42 Å². The second kappa shape index (κ2) is 6.33. The zero-order chi connectivity index (χ0) is 15.5. The Morgan fingerprint density at radius 3 is 2.62 bits per heavy atom. The Balaban J connectivity index is 2.41. The van der Waals surface area contributed by atoms with Gasteiger partial charge in [-0.05, 0) is 23.6 Å². The number of anilines is 1. The molecule has 114 valence electrons. The molecule has 3 N–H and O–H groups in total. The summed E-state index contributed by atoms with van der Waals surface area (Å²) in [6.45, 7) is 0.170. The molecule has 0 atom stereocenters. The number of sulfonamides is 1. The monoisotopic (exact) mass is 328 g/mol. The minimum absolute atomic E-state index is 0.170. The summed E-state index contributed by atoms with van der Waals surface area (Å²) < 4.78 is 37.7. The van der Waals surface area contributed by atoms with Crippen LogP contribution in [-0.2, 0) is 16.6 Å². The third-order valence-electron chi connectivity index (χ3n) is 2.83. The van der Waals surface area contributed by atoms with Crippen LogP contribution in [0.2, 0.25) is 0 Å². The van der Waals surface area contributed by atoms with Crippen molar-refractivity contribution in [3.8, 4) is 11.5 Å². The van der Waals surface area contributed by atoms with Crippen LogP contribution in [0.15, 0.2) is 34.5 Å². The molecule has 2 rings (SSSR count). The first-order valence-electron chi connectivity index (χ1n) is 6.03. The Morgan fingerprint density at radius 2 is 2.00 bits per heavy atom. The van der Waals surface area contributed by atoms with Crippen LogP contribution in [0.25, 0.3) is 0 Å². The Morgan fingerprint density at radius 1 is 1.24 bits per heavy atom. The van der Waals surface area contributed by atoms with Crippen LogP contribution < -0.4 is 19.9 Å². The van der Waals surface area contributed by atoms with Gasteiger partial charge in [-0.2, -0.15) is 0 Å². The SMILES string of the molecule is COc1ccc(OC)c(NS(=O)(=O)c2ccsc2CN)c1. The smallest absolute Gasteiger partial charge is 0.263 e. The van der Waals surface area contributed by atoms with Crippen LogP contribution >= 0.6 is 11.3 Å². The highest BCUT2D eigenvalue weighted by Gasteiger charge is 2.21. The maximum absolute atomic E-state index is 12.5. The molecular weight excluding hydrogens is 312 g/mol. The van der Waals surface area contributed by atoms with Crippen molar-refractivity contribution in [2.75, 3.05) is 18.9 Å². The summed E-state index contributed by atoms with van der Waals surface area (Å²) in [6, 6.07) is 6.41. The van der Waals surface area contributed by atoms with Crippen LogP contribution in [0, 0.1) is 0 Å². The van der Waals surface area contributed by atoms with Crippen LogP contribution in [0.3, 0.4) is 0 Å². The molecule has 0 unspecified atom stereocenters. The third-order valence-corrected chi connectivity index (χ3v) is 5.35. The molecule has 0 saturated heterocycles. The van der Waals surface area contributed by atoms with Gasteiger partial charge in [-0.15, -0.1) is 11.3 Å². The highest BCUT2D eigenvalue weighted by Crippen LogP contribution is 2.32. The van der Waals surface area contributed by atoms with E-state index in [-0.39, 0.29) is 11.4 Å². The summed E-state index contributed by atoms with van der Waals surface area (Å²) in [5.41, 5.74) is 5.87. The molecule has 8 heteroatoms. The fraction of sp³-hybridized carbons (Fsp3) is 0.231. The second-order valence-corrected chi connectivity index (χ2v) is 6.74. The molecule has 0 radical (unpaired) electrons. The normalized spacial score (nSPS) is 11.2. The lowest BCUT2D eigenvalue weighted by molar-refractivity contribution is 0.405. The van der Waals surface area contributed by atoms with Crippen molar-refractivity contribution in [2.24, 2.45) is 5.73 Å². The summed E-state index contributed by atoms with van der Waals surface area (Å²) in [4.78, 5) is 0.782. The quantitative estimate of drug-likeness (QED) is 0.846. The van der Waals surface area contributed by atoms with Gasteiger partial charge >= 0.3 is 0 Å². The molecule has 1 aromatic carbocycles. The molecule has 0 aliphatic carbocycles. The average molecular weight is 328 g/mol. The van der Waals surface area contributed by atoms with Gasteiger partial charge in [0, 0.05) is 17.5 Å². The zero-order valence-corrected chi connectivity index (χ0v) is 13.3. The Hall–Kier alpha value is -1.77. The maximum Gasteiger partial charge on any atom is 0.263 e.